The van der Waals surface area contributed by atoms with Crippen LogP contribution in [0.2, 0.25) is 0 Å². The van der Waals surface area contributed by atoms with Gasteiger partial charge in [0.05, 0.1) is 11.3 Å². The minimum atomic E-state index is -0.461. The minimum Gasteiger partial charge on any atom is -0.460 e. The van der Waals surface area contributed by atoms with Gasteiger partial charge in [-0.1, -0.05) is 0 Å². The maximum atomic E-state index is 12.8. The van der Waals surface area contributed by atoms with E-state index in [2.05, 4.69) is 30.6 Å². The molecule has 1 aliphatic heterocycles. The van der Waals surface area contributed by atoms with Gasteiger partial charge in [0, 0.05) is 57.3 Å². The van der Waals surface area contributed by atoms with E-state index in [-0.39, 0.29) is 17.7 Å². The van der Waals surface area contributed by atoms with E-state index in [9.17, 15) is 9.59 Å². The second kappa shape index (κ2) is 9.86. The van der Waals surface area contributed by atoms with E-state index in [4.69, 9.17) is 9.15 Å². The molecule has 0 atom stereocenters. The van der Waals surface area contributed by atoms with Crippen LogP contribution in [0.25, 0.3) is 0 Å². The first-order valence-electron chi connectivity index (χ1n) is 11.3. The summed E-state index contributed by atoms with van der Waals surface area (Å²) in [5, 5.41) is 5.64. The van der Waals surface area contributed by atoms with Crippen molar-refractivity contribution in [1.29, 1.82) is 0 Å². The van der Waals surface area contributed by atoms with Crippen molar-refractivity contribution in [3.05, 3.63) is 54.4 Å². The highest BCUT2D eigenvalue weighted by molar-refractivity contribution is 6.08. The number of nitrogens with one attached hydrogen (secondary N) is 2. The molecule has 0 bridgehead atoms. The number of amides is 2. The van der Waals surface area contributed by atoms with Gasteiger partial charge in [-0.15, -0.1) is 0 Å². The molecule has 11 heteroatoms. The molecule has 0 unspecified atom stereocenters. The molecule has 2 aliphatic rings. The van der Waals surface area contributed by atoms with Crippen molar-refractivity contribution in [2.24, 2.45) is 5.92 Å². The number of rotatable bonds is 8. The quantitative estimate of drug-likeness (QED) is 0.516. The van der Waals surface area contributed by atoms with E-state index in [1.165, 1.54) is 18.7 Å². The van der Waals surface area contributed by atoms with Gasteiger partial charge < -0.3 is 24.7 Å². The Morgan fingerprint density at radius 3 is 2.65 bits per heavy atom. The number of hydrogen-bond donors (Lipinski definition) is 2. The molecular formula is C23H25N7O4. The van der Waals surface area contributed by atoms with Crippen LogP contribution in [0.4, 0.5) is 11.7 Å². The number of anilines is 2. The summed E-state index contributed by atoms with van der Waals surface area (Å²) in [6.07, 6.45) is 11.4. The van der Waals surface area contributed by atoms with E-state index in [1.54, 1.807) is 24.5 Å². The van der Waals surface area contributed by atoms with E-state index < -0.39 is 5.91 Å². The molecule has 176 valence electrons. The van der Waals surface area contributed by atoms with Gasteiger partial charge in [0.1, 0.15) is 12.4 Å². The fraction of sp³-hybridized carbons (Fsp3) is 0.391. The number of hydrogen-bond acceptors (Lipinski definition) is 9. The van der Waals surface area contributed by atoms with Crippen LogP contribution in [0.15, 0.2) is 47.6 Å². The van der Waals surface area contributed by atoms with E-state index in [0.29, 0.717) is 48.8 Å². The van der Waals surface area contributed by atoms with Gasteiger partial charge in [-0.3, -0.25) is 14.6 Å². The van der Waals surface area contributed by atoms with Crippen LogP contribution in [0.3, 0.4) is 0 Å². The molecule has 1 saturated carbocycles. The highest BCUT2D eigenvalue weighted by Gasteiger charge is 2.26. The van der Waals surface area contributed by atoms with Gasteiger partial charge in [0.25, 0.3) is 17.8 Å². The molecule has 34 heavy (non-hydrogen) atoms. The summed E-state index contributed by atoms with van der Waals surface area (Å²) in [5.74, 6) is -0.172. The number of ether oxygens (including phenoxy) is 1. The Morgan fingerprint density at radius 2 is 1.88 bits per heavy atom. The van der Waals surface area contributed by atoms with Crippen LogP contribution in [0.5, 0.6) is 6.01 Å². The van der Waals surface area contributed by atoms with Gasteiger partial charge in [-0.05, 0) is 30.9 Å². The number of carbonyl (C=O) groups excluding carboxylic acids is 2. The first kappa shape index (κ1) is 21.8. The SMILES string of the molecule is O=C(Nc1ccncc1C(=O)NCC1CC1)c1coc(N2CCC(Oc3ncccn3)CC2)n1. The first-order valence-corrected chi connectivity index (χ1v) is 11.3. The molecule has 11 nitrogen and oxygen atoms in total. The Labute approximate surface area is 196 Å². The van der Waals surface area contributed by atoms with Crippen molar-refractivity contribution < 1.29 is 18.7 Å². The molecule has 0 spiro atoms. The lowest BCUT2D eigenvalue weighted by Gasteiger charge is -2.30. The van der Waals surface area contributed by atoms with Crippen LogP contribution >= 0.6 is 0 Å². The Morgan fingerprint density at radius 1 is 1.09 bits per heavy atom. The monoisotopic (exact) mass is 463 g/mol. The standard InChI is InChI=1S/C23H25N7O4/c31-20(27-12-15-2-3-15)17-13-24-9-4-18(17)28-21(32)19-14-33-23(29-19)30-10-5-16(6-11-30)34-22-25-7-1-8-26-22/h1,4,7-9,13-16H,2-3,5-6,10-12H2,(H,27,31)(H,24,28,32). The normalized spacial score (nSPS) is 16.2. The first-order chi connectivity index (χ1) is 16.7. The summed E-state index contributed by atoms with van der Waals surface area (Å²) in [7, 11) is 0. The van der Waals surface area contributed by atoms with Gasteiger partial charge in [-0.25, -0.2) is 9.97 Å². The Bertz CT molecular complexity index is 1140. The van der Waals surface area contributed by atoms with E-state index in [1.807, 2.05) is 4.90 Å². The minimum absolute atomic E-state index is 0.00699. The second-order valence-electron chi connectivity index (χ2n) is 8.38. The van der Waals surface area contributed by atoms with Gasteiger partial charge in [0.2, 0.25) is 0 Å². The van der Waals surface area contributed by atoms with Crippen molar-refractivity contribution in [2.75, 3.05) is 29.9 Å². The summed E-state index contributed by atoms with van der Waals surface area (Å²) in [6.45, 7) is 1.96. The Hall–Kier alpha value is -4.02. The molecule has 2 fully saturated rings. The molecule has 2 amide bonds. The molecule has 1 saturated heterocycles. The van der Waals surface area contributed by atoms with Gasteiger partial charge in [-0.2, -0.15) is 4.98 Å². The summed E-state index contributed by atoms with van der Waals surface area (Å²) >= 11 is 0. The third-order valence-electron chi connectivity index (χ3n) is 5.81. The molecule has 1 aliphatic carbocycles. The Balaban J connectivity index is 1.17. The molecule has 4 heterocycles. The predicted octanol–water partition coefficient (Wildman–Crippen LogP) is 2.30. The maximum absolute atomic E-state index is 12.8. The molecule has 3 aromatic heterocycles. The molecule has 0 aromatic carbocycles. The topological polar surface area (TPSA) is 135 Å². The summed E-state index contributed by atoms with van der Waals surface area (Å²) in [5.41, 5.74) is 0.816. The lowest BCUT2D eigenvalue weighted by Crippen LogP contribution is -2.38. The van der Waals surface area contributed by atoms with Crippen molar-refractivity contribution in [3.63, 3.8) is 0 Å². The number of piperidine rings is 1. The molecule has 2 N–H and O–H groups in total. The average molecular weight is 463 g/mol. The van der Waals surface area contributed by atoms with Gasteiger partial charge in [0.15, 0.2) is 5.69 Å². The van der Waals surface area contributed by atoms with Crippen molar-refractivity contribution in [2.45, 2.75) is 31.8 Å². The number of nitrogens with zero attached hydrogens (tertiary/aromatic N) is 5. The lowest BCUT2D eigenvalue weighted by atomic mass is 10.1. The van der Waals surface area contributed by atoms with Crippen molar-refractivity contribution in [1.82, 2.24) is 25.3 Å². The van der Waals surface area contributed by atoms with E-state index in [0.717, 1.165) is 25.7 Å². The number of aromatic nitrogens is 4. The molecule has 3 aromatic rings. The Kier molecular flexibility index (Phi) is 6.32. The lowest BCUT2D eigenvalue weighted by molar-refractivity contribution is 0.0952. The maximum Gasteiger partial charge on any atom is 0.316 e. The van der Waals surface area contributed by atoms with Crippen molar-refractivity contribution in [3.8, 4) is 6.01 Å². The zero-order valence-corrected chi connectivity index (χ0v) is 18.5. The zero-order valence-electron chi connectivity index (χ0n) is 18.5. The fourth-order valence-corrected chi connectivity index (χ4v) is 3.70. The molecular weight excluding hydrogens is 438 g/mol. The van der Waals surface area contributed by atoms with Crippen LogP contribution < -0.4 is 20.3 Å². The summed E-state index contributed by atoms with van der Waals surface area (Å²) in [6, 6.07) is 4.07. The average Bonchev–Trinajstić information content (AvgIpc) is 3.57. The summed E-state index contributed by atoms with van der Waals surface area (Å²) < 4.78 is 11.4. The van der Waals surface area contributed by atoms with Crippen LogP contribution in [0.1, 0.15) is 46.5 Å². The fourth-order valence-electron chi connectivity index (χ4n) is 3.70. The van der Waals surface area contributed by atoms with Crippen molar-refractivity contribution >= 4 is 23.5 Å². The second-order valence-corrected chi connectivity index (χ2v) is 8.38. The van der Waals surface area contributed by atoms with Crippen LogP contribution in [-0.4, -0.2) is 57.5 Å². The summed E-state index contributed by atoms with van der Waals surface area (Å²) in [4.78, 5) is 43.8. The third kappa shape index (κ3) is 5.30. The smallest absolute Gasteiger partial charge is 0.316 e. The largest absolute Gasteiger partial charge is 0.460 e. The number of oxazole rings is 1. The third-order valence-corrected chi connectivity index (χ3v) is 5.81. The highest BCUT2D eigenvalue weighted by Crippen LogP contribution is 2.28. The van der Waals surface area contributed by atoms with Gasteiger partial charge >= 0.3 is 6.01 Å². The number of carbonyl (C=O) groups is 2. The van der Waals surface area contributed by atoms with Crippen LogP contribution in [0, 0.1) is 5.92 Å². The molecule has 0 radical (unpaired) electrons. The van der Waals surface area contributed by atoms with Crippen LogP contribution in [-0.2, 0) is 0 Å². The van der Waals surface area contributed by atoms with E-state index >= 15 is 0 Å². The highest BCUT2D eigenvalue weighted by atomic mass is 16.5. The predicted molar refractivity (Wildman–Crippen MR) is 122 cm³/mol. The molecule has 5 rings (SSSR count). The number of pyridine rings is 1. The zero-order chi connectivity index (χ0) is 23.3.